The first-order valence-electron chi connectivity index (χ1n) is 7.07. The standard InChI is InChI=1S/C15H30O4Si/c1-12(11-19-20(6,7)15(2,3)4)13(16)9-8-10-14(17)18-5/h8,10,12-13,16H,9,11H2,1-7H3/b10-8+/t12-,13-/m1/s1. The first-order chi connectivity index (χ1) is 9.01. The molecule has 0 fully saturated rings. The van der Waals surface area contributed by atoms with Crippen molar-refractivity contribution in [3.8, 4) is 0 Å². The van der Waals surface area contributed by atoms with Crippen molar-refractivity contribution in [3.63, 3.8) is 0 Å². The fourth-order valence-corrected chi connectivity index (χ4v) is 2.38. The van der Waals surface area contributed by atoms with Crippen LogP contribution in [0.1, 0.15) is 34.1 Å². The smallest absolute Gasteiger partial charge is 0.330 e. The Bertz CT molecular complexity index is 331. The number of aliphatic hydroxyl groups is 1. The van der Waals surface area contributed by atoms with E-state index >= 15 is 0 Å². The first kappa shape index (κ1) is 19.3. The summed E-state index contributed by atoms with van der Waals surface area (Å²) in [5, 5.41) is 10.2. The Kier molecular flexibility index (Phi) is 7.69. The summed E-state index contributed by atoms with van der Waals surface area (Å²) in [7, 11) is -0.440. The Hall–Kier alpha value is -0.653. The highest BCUT2D eigenvalue weighted by molar-refractivity contribution is 6.74. The van der Waals surface area contributed by atoms with Crippen LogP contribution in [0.25, 0.3) is 0 Å². The van der Waals surface area contributed by atoms with E-state index < -0.39 is 20.4 Å². The number of hydrogen-bond donors (Lipinski definition) is 1. The number of carbonyl (C=O) groups excluding carboxylic acids is 1. The van der Waals surface area contributed by atoms with Gasteiger partial charge in [-0.1, -0.05) is 33.8 Å². The van der Waals surface area contributed by atoms with Crippen molar-refractivity contribution in [1.82, 2.24) is 0 Å². The van der Waals surface area contributed by atoms with Gasteiger partial charge in [0.1, 0.15) is 0 Å². The molecule has 118 valence electrons. The summed E-state index contributed by atoms with van der Waals surface area (Å²) in [6, 6.07) is 0. The fourth-order valence-electron chi connectivity index (χ4n) is 1.27. The number of carbonyl (C=O) groups is 1. The van der Waals surface area contributed by atoms with Crippen LogP contribution in [-0.2, 0) is 14.0 Å². The minimum Gasteiger partial charge on any atom is -0.466 e. The van der Waals surface area contributed by atoms with Crippen molar-refractivity contribution in [2.24, 2.45) is 5.92 Å². The van der Waals surface area contributed by atoms with E-state index in [2.05, 4.69) is 38.6 Å². The molecular formula is C15H30O4Si. The van der Waals surface area contributed by atoms with Crippen LogP contribution in [0.4, 0.5) is 0 Å². The van der Waals surface area contributed by atoms with Gasteiger partial charge in [-0.15, -0.1) is 0 Å². The van der Waals surface area contributed by atoms with Gasteiger partial charge in [0, 0.05) is 18.6 Å². The van der Waals surface area contributed by atoms with Crippen molar-refractivity contribution in [1.29, 1.82) is 0 Å². The third-order valence-electron chi connectivity index (χ3n) is 4.00. The lowest BCUT2D eigenvalue weighted by Crippen LogP contribution is -2.42. The highest BCUT2D eigenvalue weighted by Crippen LogP contribution is 2.36. The number of aliphatic hydroxyl groups excluding tert-OH is 1. The summed E-state index contributed by atoms with van der Waals surface area (Å²) >= 11 is 0. The molecule has 2 atom stereocenters. The monoisotopic (exact) mass is 302 g/mol. The highest BCUT2D eigenvalue weighted by atomic mass is 28.4. The Morgan fingerprint density at radius 2 is 1.90 bits per heavy atom. The highest BCUT2D eigenvalue weighted by Gasteiger charge is 2.37. The van der Waals surface area contributed by atoms with Crippen LogP contribution in [0.2, 0.25) is 18.1 Å². The number of hydrogen-bond acceptors (Lipinski definition) is 4. The maximum Gasteiger partial charge on any atom is 0.330 e. The van der Waals surface area contributed by atoms with E-state index in [1.54, 1.807) is 6.08 Å². The van der Waals surface area contributed by atoms with Gasteiger partial charge in [0.15, 0.2) is 8.32 Å². The van der Waals surface area contributed by atoms with E-state index in [-0.39, 0.29) is 11.0 Å². The molecule has 0 unspecified atom stereocenters. The quantitative estimate of drug-likeness (QED) is 0.446. The van der Waals surface area contributed by atoms with Crippen molar-refractivity contribution >= 4 is 14.3 Å². The molecule has 0 aromatic carbocycles. The molecule has 0 radical (unpaired) electrons. The molecule has 0 spiro atoms. The SMILES string of the molecule is COC(=O)/C=C/C[C@@H](O)[C@H](C)CO[Si](C)(C)C(C)(C)C. The largest absolute Gasteiger partial charge is 0.466 e. The van der Waals surface area contributed by atoms with Crippen LogP contribution in [0.3, 0.4) is 0 Å². The minimum absolute atomic E-state index is 0.0337. The lowest BCUT2D eigenvalue weighted by Gasteiger charge is -2.37. The molecule has 0 aliphatic rings. The summed E-state index contributed by atoms with van der Waals surface area (Å²) < 4.78 is 10.6. The molecular weight excluding hydrogens is 272 g/mol. The van der Waals surface area contributed by atoms with E-state index in [4.69, 9.17) is 4.43 Å². The van der Waals surface area contributed by atoms with Gasteiger partial charge in [0.25, 0.3) is 0 Å². The number of ether oxygens (including phenoxy) is 1. The molecule has 0 aromatic heterocycles. The second kappa shape index (κ2) is 7.95. The Labute approximate surface area is 124 Å². The van der Waals surface area contributed by atoms with E-state index in [0.29, 0.717) is 13.0 Å². The third-order valence-corrected chi connectivity index (χ3v) is 8.50. The van der Waals surface area contributed by atoms with Gasteiger partial charge in [-0.25, -0.2) is 4.79 Å². The number of methoxy groups -OCH3 is 1. The minimum atomic E-state index is -1.77. The van der Waals surface area contributed by atoms with Gasteiger partial charge >= 0.3 is 5.97 Å². The molecule has 20 heavy (non-hydrogen) atoms. The third kappa shape index (κ3) is 6.68. The first-order valence-corrected chi connectivity index (χ1v) is 9.98. The van der Waals surface area contributed by atoms with Gasteiger partial charge < -0.3 is 14.3 Å². The number of rotatable bonds is 7. The molecule has 0 aromatic rings. The molecule has 0 bridgehead atoms. The molecule has 4 nitrogen and oxygen atoms in total. The molecule has 0 heterocycles. The van der Waals surface area contributed by atoms with Gasteiger partial charge in [-0.05, 0) is 24.6 Å². The summed E-state index contributed by atoms with van der Waals surface area (Å²) in [6.45, 7) is 13.5. The average molecular weight is 302 g/mol. The van der Waals surface area contributed by atoms with Crippen LogP contribution in [0, 0.1) is 5.92 Å². The van der Waals surface area contributed by atoms with Crippen molar-refractivity contribution in [2.45, 2.75) is 58.4 Å². The zero-order valence-electron chi connectivity index (χ0n) is 13.9. The Morgan fingerprint density at radius 1 is 1.35 bits per heavy atom. The van der Waals surface area contributed by atoms with Gasteiger partial charge in [0.2, 0.25) is 0 Å². The van der Waals surface area contributed by atoms with E-state index in [9.17, 15) is 9.90 Å². The molecule has 0 saturated carbocycles. The van der Waals surface area contributed by atoms with Crippen molar-refractivity contribution in [3.05, 3.63) is 12.2 Å². The summed E-state index contributed by atoms with van der Waals surface area (Å²) in [6.07, 6.45) is 2.89. The molecule has 0 aliphatic heterocycles. The van der Waals surface area contributed by atoms with Gasteiger partial charge in [0.05, 0.1) is 13.2 Å². The molecule has 0 saturated heterocycles. The van der Waals surface area contributed by atoms with Gasteiger partial charge in [-0.2, -0.15) is 0 Å². The summed E-state index contributed by atoms with van der Waals surface area (Å²) in [4.78, 5) is 10.9. The van der Waals surface area contributed by atoms with E-state index in [1.807, 2.05) is 6.92 Å². The van der Waals surface area contributed by atoms with Crippen LogP contribution in [0.15, 0.2) is 12.2 Å². The molecule has 0 aliphatic carbocycles. The Balaban J connectivity index is 4.24. The van der Waals surface area contributed by atoms with Crippen molar-refractivity contribution in [2.75, 3.05) is 13.7 Å². The zero-order chi connectivity index (χ0) is 16.0. The van der Waals surface area contributed by atoms with Crippen LogP contribution in [0.5, 0.6) is 0 Å². The van der Waals surface area contributed by atoms with Gasteiger partial charge in [-0.3, -0.25) is 0 Å². The topological polar surface area (TPSA) is 55.8 Å². The molecule has 0 amide bonds. The Morgan fingerprint density at radius 3 is 2.35 bits per heavy atom. The second-order valence-electron chi connectivity index (χ2n) is 6.78. The summed E-state index contributed by atoms with van der Waals surface area (Å²) in [5.41, 5.74) is 0. The van der Waals surface area contributed by atoms with Crippen LogP contribution in [-0.4, -0.2) is 39.2 Å². The fraction of sp³-hybridized carbons (Fsp3) is 0.800. The normalized spacial score (nSPS) is 16.2. The molecule has 5 heteroatoms. The maximum atomic E-state index is 10.9. The average Bonchev–Trinajstić information content (AvgIpc) is 2.34. The van der Waals surface area contributed by atoms with E-state index in [0.717, 1.165) is 0 Å². The van der Waals surface area contributed by atoms with Crippen LogP contribution < -0.4 is 0 Å². The van der Waals surface area contributed by atoms with Crippen LogP contribution >= 0.6 is 0 Å². The summed E-state index contributed by atoms with van der Waals surface area (Å²) in [5.74, 6) is -0.367. The second-order valence-corrected chi connectivity index (χ2v) is 11.6. The predicted molar refractivity (Wildman–Crippen MR) is 84.1 cm³/mol. The van der Waals surface area contributed by atoms with E-state index in [1.165, 1.54) is 13.2 Å². The predicted octanol–water partition coefficient (Wildman–Crippen LogP) is 3.12. The molecule has 0 rings (SSSR count). The van der Waals surface area contributed by atoms with Crippen molar-refractivity contribution < 1.29 is 19.1 Å². The molecule has 1 N–H and O–H groups in total. The lowest BCUT2D eigenvalue weighted by molar-refractivity contribution is -0.134. The zero-order valence-corrected chi connectivity index (χ0v) is 14.9. The lowest BCUT2D eigenvalue weighted by atomic mass is 10.0. The number of esters is 1. The maximum absolute atomic E-state index is 10.9.